The molecule has 1 fully saturated rings. The van der Waals surface area contributed by atoms with E-state index in [-0.39, 0.29) is 5.97 Å². The summed E-state index contributed by atoms with van der Waals surface area (Å²) >= 11 is 0. The lowest BCUT2D eigenvalue weighted by atomic mass is 10.2. The van der Waals surface area contributed by atoms with Crippen LogP contribution in [0.4, 0.5) is 0 Å². The van der Waals surface area contributed by atoms with E-state index in [9.17, 15) is 4.79 Å². The number of carbonyl (C=O) groups excluding carboxylic acids is 1. The summed E-state index contributed by atoms with van der Waals surface area (Å²) in [5.74, 6) is -0.298. The van der Waals surface area contributed by atoms with Crippen molar-refractivity contribution in [1.29, 1.82) is 0 Å². The molecule has 0 aliphatic carbocycles. The van der Waals surface area contributed by atoms with Gasteiger partial charge in [-0.15, -0.1) is 0 Å². The molecule has 1 aliphatic heterocycles. The molecule has 0 spiro atoms. The van der Waals surface area contributed by atoms with Gasteiger partial charge < -0.3 is 15.0 Å². The maximum Gasteiger partial charge on any atom is 0.334 e. The Hall–Kier alpha value is -0.870. The molecule has 0 amide bonds. The highest BCUT2D eigenvalue weighted by Gasteiger charge is 2.15. The van der Waals surface area contributed by atoms with Gasteiger partial charge in [-0.2, -0.15) is 0 Å². The molecule has 0 radical (unpaired) electrons. The molecule has 1 saturated heterocycles. The lowest BCUT2D eigenvalue weighted by molar-refractivity contribution is -0.138. The highest BCUT2D eigenvalue weighted by molar-refractivity contribution is 5.88. The van der Waals surface area contributed by atoms with Crippen molar-refractivity contribution in [3.8, 4) is 0 Å². The zero-order chi connectivity index (χ0) is 12.7. The quantitative estimate of drug-likeness (QED) is 0.536. The summed E-state index contributed by atoms with van der Waals surface area (Å²) in [7, 11) is 0. The van der Waals surface area contributed by atoms with E-state index in [0.29, 0.717) is 24.8 Å². The predicted octanol–water partition coefficient (Wildman–Crippen LogP) is 1.18. The standard InChI is InChI=1S/C13H24N2O2/c1-4-17-13(16)11(2)9-14-12(3)10-15-7-5-6-8-15/h12,14H,2,4-10H2,1,3H3. The second-order valence-corrected chi connectivity index (χ2v) is 4.61. The number of nitrogens with one attached hydrogen (secondary N) is 1. The molecular weight excluding hydrogens is 216 g/mol. The summed E-state index contributed by atoms with van der Waals surface area (Å²) in [5.41, 5.74) is 0.500. The van der Waals surface area contributed by atoms with Crippen molar-refractivity contribution in [3.05, 3.63) is 12.2 Å². The van der Waals surface area contributed by atoms with Crippen LogP contribution in [0.5, 0.6) is 0 Å². The number of nitrogens with zero attached hydrogens (tertiary/aromatic N) is 1. The third-order valence-corrected chi connectivity index (χ3v) is 2.96. The monoisotopic (exact) mass is 240 g/mol. The molecule has 1 aliphatic rings. The van der Waals surface area contributed by atoms with Crippen LogP contribution in [0.1, 0.15) is 26.7 Å². The normalized spacial score (nSPS) is 18.0. The van der Waals surface area contributed by atoms with E-state index in [2.05, 4.69) is 23.7 Å². The number of ether oxygens (including phenoxy) is 1. The number of esters is 1. The number of carbonyl (C=O) groups is 1. The molecule has 17 heavy (non-hydrogen) atoms. The molecule has 0 aromatic rings. The minimum atomic E-state index is -0.298. The maximum atomic E-state index is 11.3. The molecule has 1 rings (SSSR count). The van der Waals surface area contributed by atoms with E-state index in [0.717, 1.165) is 6.54 Å². The Balaban J connectivity index is 2.15. The Morgan fingerprint density at radius 2 is 2.12 bits per heavy atom. The topological polar surface area (TPSA) is 41.6 Å². The van der Waals surface area contributed by atoms with Gasteiger partial charge in [0.15, 0.2) is 0 Å². The van der Waals surface area contributed by atoms with Crippen LogP contribution in [-0.4, -0.2) is 49.7 Å². The molecule has 0 bridgehead atoms. The first kappa shape index (κ1) is 14.2. The second-order valence-electron chi connectivity index (χ2n) is 4.61. The highest BCUT2D eigenvalue weighted by atomic mass is 16.5. The van der Waals surface area contributed by atoms with Gasteiger partial charge in [0.1, 0.15) is 0 Å². The third-order valence-electron chi connectivity index (χ3n) is 2.96. The van der Waals surface area contributed by atoms with Gasteiger partial charge in [-0.1, -0.05) is 6.58 Å². The van der Waals surface area contributed by atoms with E-state index in [4.69, 9.17) is 4.74 Å². The van der Waals surface area contributed by atoms with Gasteiger partial charge >= 0.3 is 5.97 Å². The van der Waals surface area contributed by atoms with Gasteiger partial charge in [0, 0.05) is 24.7 Å². The first-order valence-corrected chi connectivity index (χ1v) is 6.44. The van der Waals surface area contributed by atoms with Crippen LogP contribution in [0.2, 0.25) is 0 Å². The van der Waals surface area contributed by atoms with Crippen molar-refractivity contribution in [2.75, 3.05) is 32.8 Å². The van der Waals surface area contributed by atoms with Crippen LogP contribution in [0, 0.1) is 0 Å². The Labute approximate surface area is 104 Å². The van der Waals surface area contributed by atoms with Crippen LogP contribution in [0.15, 0.2) is 12.2 Å². The van der Waals surface area contributed by atoms with Gasteiger partial charge in [0.2, 0.25) is 0 Å². The van der Waals surface area contributed by atoms with Gasteiger partial charge in [-0.05, 0) is 39.8 Å². The van der Waals surface area contributed by atoms with Gasteiger partial charge in [0.05, 0.1) is 6.61 Å². The Morgan fingerprint density at radius 3 is 2.71 bits per heavy atom. The van der Waals surface area contributed by atoms with Crippen molar-refractivity contribution >= 4 is 5.97 Å². The van der Waals surface area contributed by atoms with E-state index in [1.807, 2.05) is 0 Å². The highest BCUT2D eigenvalue weighted by Crippen LogP contribution is 2.07. The summed E-state index contributed by atoms with van der Waals surface area (Å²) in [6, 6.07) is 0.374. The molecule has 0 aromatic heterocycles. The SMILES string of the molecule is C=C(CNC(C)CN1CCCC1)C(=O)OCC. The van der Waals surface area contributed by atoms with Crippen LogP contribution in [-0.2, 0) is 9.53 Å². The van der Waals surface area contributed by atoms with Gasteiger partial charge in [0.25, 0.3) is 0 Å². The fraction of sp³-hybridized carbons (Fsp3) is 0.769. The summed E-state index contributed by atoms with van der Waals surface area (Å²) in [5, 5.41) is 3.31. The molecular formula is C13H24N2O2. The maximum absolute atomic E-state index is 11.3. The molecule has 0 aromatic carbocycles. The van der Waals surface area contributed by atoms with Gasteiger partial charge in [-0.3, -0.25) is 0 Å². The molecule has 1 heterocycles. The summed E-state index contributed by atoms with van der Waals surface area (Å²) < 4.78 is 4.88. The first-order chi connectivity index (χ1) is 8.13. The summed E-state index contributed by atoms with van der Waals surface area (Å²) in [4.78, 5) is 13.8. The molecule has 1 atom stereocenters. The van der Waals surface area contributed by atoms with Crippen molar-refractivity contribution in [2.45, 2.75) is 32.7 Å². The van der Waals surface area contributed by atoms with E-state index in [1.165, 1.54) is 25.9 Å². The molecule has 1 N–H and O–H groups in total. The summed E-state index contributed by atoms with van der Waals surface area (Å²) in [6.07, 6.45) is 2.62. The Bertz CT molecular complexity index is 260. The number of hydrogen-bond acceptors (Lipinski definition) is 4. The first-order valence-electron chi connectivity index (χ1n) is 6.44. The lowest BCUT2D eigenvalue weighted by Crippen LogP contribution is -2.39. The minimum Gasteiger partial charge on any atom is -0.463 e. The lowest BCUT2D eigenvalue weighted by Gasteiger charge is -2.21. The van der Waals surface area contributed by atoms with Crippen LogP contribution < -0.4 is 5.32 Å². The average molecular weight is 240 g/mol. The fourth-order valence-electron chi connectivity index (χ4n) is 2.02. The smallest absolute Gasteiger partial charge is 0.334 e. The molecule has 1 unspecified atom stereocenters. The van der Waals surface area contributed by atoms with Crippen LogP contribution in [0.25, 0.3) is 0 Å². The number of rotatable bonds is 7. The summed E-state index contributed by atoms with van der Waals surface area (Å²) in [6.45, 7) is 12.0. The van der Waals surface area contributed by atoms with Crippen molar-refractivity contribution < 1.29 is 9.53 Å². The Kier molecular flexibility index (Phi) is 6.22. The number of likely N-dealkylation sites (tertiary alicyclic amines) is 1. The van der Waals surface area contributed by atoms with Crippen molar-refractivity contribution in [3.63, 3.8) is 0 Å². The molecule has 0 saturated carbocycles. The van der Waals surface area contributed by atoms with E-state index in [1.54, 1.807) is 6.92 Å². The van der Waals surface area contributed by atoms with Crippen LogP contribution in [0.3, 0.4) is 0 Å². The van der Waals surface area contributed by atoms with Gasteiger partial charge in [-0.25, -0.2) is 4.79 Å². The van der Waals surface area contributed by atoms with E-state index >= 15 is 0 Å². The van der Waals surface area contributed by atoms with Crippen LogP contribution >= 0.6 is 0 Å². The fourth-order valence-corrected chi connectivity index (χ4v) is 2.02. The van der Waals surface area contributed by atoms with Crippen molar-refractivity contribution in [1.82, 2.24) is 10.2 Å². The predicted molar refractivity (Wildman–Crippen MR) is 68.9 cm³/mol. The molecule has 4 heteroatoms. The minimum absolute atomic E-state index is 0.298. The Morgan fingerprint density at radius 1 is 1.47 bits per heavy atom. The van der Waals surface area contributed by atoms with Crippen molar-refractivity contribution in [2.24, 2.45) is 0 Å². The number of hydrogen-bond donors (Lipinski definition) is 1. The third kappa shape index (κ3) is 5.33. The van der Waals surface area contributed by atoms with E-state index < -0.39 is 0 Å². The zero-order valence-electron chi connectivity index (χ0n) is 11.0. The zero-order valence-corrected chi connectivity index (χ0v) is 11.0. The molecule has 4 nitrogen and oxygen atoms in total. The second kappa shape index (κ2) is 7.45. The average Bonchev–Trinajstić information content (AvgIpc) is 2.79. The molecule has 98 valence electrons. The largest absolute Gasteiger partial charge is 0.463 e.